The third kappa shape index (κ3) is 3.56. The van der Waals surface area contributed by atoms with E-state index in [1.165, 1.54) is 12.8 Å². The van der Waals surface area contributed by atoms with E-state index in [0.29, 0.717) is 10.8 Å². The van der Waals surface area contributed by atoms with Crippen molar-refractivity contribution in [2.24, 2.45) is 0 Å². The van der Waals surface area contributed by atoms with Gasteiger partial charge < -0.3 is 14.2 Å². The van der Waals surface area contributed by atoms with E-state index in [2.05, 4.69) is 14.8 Å². The molecule has 0 radical (unpaired) electrons. The zero-order valence-electron chi connectivity index (χ0n) is 14.7. The van der Waals surface area contributed by atoms with Crippen LogP contribution in [0.2, 0.25) is 5.02 Å². The lowest BCUT2D eigenvalue weighted by Crippen LogP contribution is -2.35. The van der Waals surface area contributed by atoms with Crippen LogP contribution in [0, 0.1) is 0 Å². The Bertz CT molecular complexity index is 792. The molecule has 0 spiro atoms. The molecule has 0 bridgehead atoms. The van der Waals surface area contributed by atoms with Crippen molar-refractivity contribution in [2.75, 3.05) is 13.2 Å². The SMILES string of the molecule is O=C(COc1cccc(Cl)c1)N1CCC[C@H]1c1nnc2n1CCCCC2. The lowest BCUT2D eigenvalue weighted by Gasteiger charge is -2.24. The van der Waals surface area contributed by atoms with E-state index in [4.69, 9.17) is 16.3 Å². The number of ether oxygens (including phenoxy) is 1. The fraction of sp³-hybridized carbons (Fsp3) is 0.526. The lowest BCUT2D eigenvalue weighted by atomic mass is 10.2. The molecule has 1 saturated heterocycles. The molecule has 26 heavy (non-hydrogen) atoms. The Balaban J connectivity index is 1.46. The van der Waals surface area contributed by atoms with E-state index in [-0.39, 0.29) is 18.6 Å². The van der Waals surface area contributed by atoms with Gasteiger partial charge in [-0.1, -0.05) is 24.1 Å². The zero-order chi connectivity index (χ0) is 17.9. The van der Waals surface area contributed by atoms with Gasteiger partial charge in [0.1, 0.15) is 11.6 Å². The molecule has 1 atom stereocenters. The smallest absolute Gasteiger partial charge is 0.261 e. The van der Waals surface area contributed by atoms with Crippen LogP contribution in [0.1, 0.15) is 49.8 Å². The van der Waals surface area contributed by atoms with Gasteiger partial charge in [-0.15, -0.1) is 10.2 Å². The molecule has 0 saturated carbocycles. The van der Waals surface area contributed by atoms with Gasteiger partial charge in [0.15, 0.2) is 12.4 Å². The minimum Gasteiger partial charge on any atom is -0.484 e. The number of hydrogen-bond acceptors (Lipinski definition) is 4. The number of rotatable bonds is 4. The molecule has 1 aromatic carbocycles. The lowest BCUT2D eigenvalue weighted by molar-refractivity contribution is -0.134. The second kappa shape index (κ2) is 7.66. The number of carbonyl (C=O) groups is 1. The first-order valence-corrected chi connectivity index (χ1v) is 9.70. The van der Waals surface area contributed by atoms with Gasteiger partial charge in [0.2, 0.25) is 0 Å². The molecule has 2 aliphatic heterocycles. The van der Waals surface area contributed by atoms with E-state index in [0.717, 1.165) is 50.4 Å². The summed E-state index contributed by atoms with van der Waals surface area (Å²) >= 11 is 5.97. The van der Waals surface area contributed by atoms with Gasteiger partial charge in [0.05, 0.1) is 6.04 Å². The number of likely N-dealkylation sites (tertiary alicyclic amines) is 1. The van der Waals surface area contributed by atoms with E-state index >= 15 is 0 Å². The van der Waals surface area contributed by atoms with E-state index < -0.39 is 0 Å². The number of carbonyl (C=O) groups excluding carboxylic acids is 1. The van der Waals surface area contributed by atoms with Crippen LogP contribution in [0.3, 0.4) is 0 Å². The fourth-order valence-electron chi connectivity index (χ4n) is 3.87. The summed E-state index contributed by atoms with van der Waals surface area (Å²) in [4.78, 5) is 14.7. The number of fused-ring (bicyclic) bond motifs is 1. The first-order valence-electron chi connectivity index (χ1n) is 9.32. The standard InChI is InChI=1S/C19H23ClN4O2/c20-14-6-4-7-15(12-14)26-13-18(25)23-11-5-8-16(23)19-22-21-17-9-2-1-3-10-24(17)19/h4,6-7,12,16H,1-3,5,8-11,13H2/t16-/m0/s1. The minimum atomic E-state index is -0.0153. The Morgan fingerprint density at radius 3 is 3.00 bits per heavy atom. The van der Waals surface area contributed by atoms with Crippen LogP contribution < -0.4 is 4.74 Å². The summed E-state index contributed by atoms with van der Waals surface area (Å²) in [5.41, 5.74) is 0. The molecule has 2 aromatic rings. The Kier molecular flexibility index (Phi) is 5.11. The maximum atomic E-state index is 12.8. The average molecular weight is 375 g/mol. The van der Waals surface area contributed by atoms with Crippen LogP contribution >= 0.6 is 11.6 Å². The first-order chi connectivity index (χ1) is 12.7. The van der Waals surface area contributed by atoms with Crippen LogP contribution in [0.25, 0.3) is 0 Å². The van der Waals surface area contributed by atoms with Gasteiger partial charge in [0.25, 0.3) is 5.91 Å². The van der Waals surface area contributed by atoms with Crippen molar-refractivity contribution in [1.82, 2.24) is 19.7 Å². The third-order valence-corrected chi connectivity index (χ3v) is 5.40. The van der Waals surface area contributed by atoms with Crippen LogP contribution in [0.15, 0.2) is 24.3 Å². The highest BCUT2D eigenvalue weighted by atomic mass is 35.5. The minimum absolute atomic E-state index is 0.00445. The molecule has 138 valence electrons. The maximum absolute atomic E-state index is 12.8. The predicted molar refractivity (Wildman–Crippen MR) is 98.2 cm³/mol. The molecule has 6 nitrogen and oxygen atoms in total. The van der Waals surface area contributed by atoms with Crippen molar-refractivity contribution in [1.29, 1.82) is 0 Å². The number of aromatic nitrogens is 3. The molecule has 2 aliphatic rings. The van der Waals surface area contributed by atoms with Crippen LogP contribution in [0.5, 0.6) is 5.75 Å². The first kappa shape index (κ1) is 17.3. The number of hydrogen-bond donors (Lipinski definition) is 0. The van der Waals surface area contributed by atoms with Crippen molar-refractivity contribution >= 4 is 17.5 Å². The highest BCUT2D eigenvalue weighted by molar-refractivity contribution is 6.30. The van der Waals surface area contributed by atoms with Crippen molar-refractivity contribution in [2.45, 2.75) is 51.1 Å². The molecule has 0 N–H and O–H groups in total. The highest BCUT2D eigenvalue weighted by Crippen LogP contribution is 2.32. The number of benzene rings is 1. The molecule has 1 amide bonds. The van der Waals surface area contributed by atoms with Gasteiger partial charge >= 0.3 is 0 Å². The topological polar surface area (TPSA) is 60.2 Å². The number of halogens is 1. The quantitative estimate of drug-likeness (QED) is 0.822. The van der Waals surface area contributed by atoms with Crippen LogP contribution in [-0.2, 0) is 17.8 Å². The van der Waals surface area contributed by atoms with Crippen molar-refractivity contribution in [3.05, 3.63) is 40.9 Å². The predicted octanol–water partition coefficient (Wildman–Crippen LogP) is 3.40. The fourth-order valence-corrected chi connectivity index (χ4v) is 4.05. The molecule has 0 aliphatic carbocycles. The van der Waals surface area contributed by atoms with Gasteiger partial charge in [0, 0.05) is 24.5 Å². The summed E-state index contributed by atoms with van der Waals surface area (Å²) in [6, 6.07) is 7.12. The van der Waals surface area contributed by atoms with Gasteiger partial charge in [-0.3, -0.25) is 4.79 Å². The van der Waals surface area contributed by atoms with Crippen LogP contribution in [0.4, 0.5) is 0 Å². The van der Waals surface area contributed by atoms with Gasteiger partial charge in [-0.05, 0) is 43.9 Å². The van der Waals surface area contributed by atoms with Crippen LogP contribution in [-0.4, -0.2) is 38.7 Å². The Labute approximate surface area is 158 Å². The summed E-state index contributed by atoms with van der Waals surface area (Å²) < 4.78 is 7.88. The molecular weight excluding hydrogens is 352 g/mol. The summed E-state index contributed by atoms with van der Waals surface area (Å²) in [5.74, 6) is 2.60. The normalized spacial score (nSPS) is 19.9. The highest BCUT2D eigenvalue weighted by Gasteiger charge is 2.34. The summed E-state index contributed by atoms with van der Waals surface area (Å²) in [6.07, 6.45) is 6.43. The second-order valence-electron chi connectivity index (χ2n) is 6.93. The number of aryl methyl sites for hydroxylation is 1. The largest absolute Gasteiger partial charge is 0.484 e. The summed E-state index contributed by atoms with van der Waals surface area (Å²) in [5, 5.41) is 9.43. The van der Waals surface area contributed by atoms with E-state index in [9.17, 15) is 4.79 Å². The Morgan fingerprint density at radius 2 is 2.12 bits per heavy atom. The van der Waals surface area contributed by atoms with E-state index in [1.807, 2.05) is 11.0 Å². The molecule has 7 heteroatoms. The third-order valence-electron chi connectivity index (χ3n) is 5.17. The van der Waals surface area contributed by atoms with Crippen molar-refractivity contribution in [3.63, 3.8) is 0 Å². The summed E-state index contributed by atoms with van der Waals surface area (Å²) in [6.45, 7) is 1.71. The van der Waals surface area contributed by atoms with Crippen molar-refractivity contribution in [3.8, 4) is 5.75 Å². The van der Waals surface area contributed by atoms with Gasteiger partial charge in [-0.25, -0.2) is 0 Å². The maximum Gasteiger partial charge on any atom is 0.261 e. The molecule has 1 aromatic heterocycles. The molecule has 1 fully saturated rings. The van der Waals surface area contributed by atoms with E-state index in [1.54, 1.807) is 18.2 Å². The monoisotopic (exact) mass is 374 g/mol. The number of nitrogens with zero attached hydrogens (tertiary/aromatic N) is 4. The van der Waals surface area contributed by atoms with Crippen molar-refractivity contribution < 1.29 is 9.53 Å². The second-order valence-corrected chi connectivity index (χ2v) is 7.36. The Hall–Kier alpha value is -2.08. The molecule has 3 heterocycles. The molecule has 4 rings (SSSR count). The van der Waals surface area contributed by atoms with Gasteiger partial charge in [-0.2, -0.15) is 0 Å². The average Bonchev–Trinajstić information content (AvgIpc) is 3.21. The molecular formula is C19H23ClN4O2. The molecule has 0 unspecified atom stereocenters. The number of amides is 1. The summed E-state index contributed by atoms with van der Waals surface area (Å²) in [7, 11) is 0. The zero-order valence-corrected chi connectivity index (χ0v) is 15.5. The Morgan fingerprint density at radius 1 is 1.19 bits per heavy atom.